The summed E-state index contributed by atoms with van der Waals surface area (Å²) < 4.78 is 0. The van der Waals surface area contributed by atoms with E-state index >= 15 is 0 Å². The Balaban J connectivity index is 1.60. The van der Waals surface area contributed by atoms with E-state index in [2.05, 4.69) is 10.3 Å². The topological polar surface area (TPSA) is 68.0 Å². The number of rotatable bonds is 2. The van der Waals surface area contributed by atoms with Crippen molar-refractivity contribution in [1.29, 1.82) is 0 Å². The van der Waals surface area contributed by atoms with E-state index in [0.29, 0.717) is 22.5 Å². The molecule has 2 aliphatic rings. The molecule has 2 bridgehead atoms. The van der Waals surface area contributed by atoms with Crippen LogP contribution in [0.2, 0.25) is 0 Å². The predicted molar refractivity (Wildman–Crippen MR) is 85.5 cm³/mol. The fourth-order valence-corrected chi connectivity index (χ4v) is 4.96. The Morgan fingerprint density at radius 3 is 2.95 bits per heavy atom. The first-order valence-corrected chi connectivity index (χ1v) is 8.40. The molecular formula is C16H19N3OS. The van der Waals surface area contributed by atoms with Crippen molar-refractivity contribution in [2.45, 2.75) is 38.6 Å². The second kappa shape index (κ2) is 4.70. The zero-order chi connectivity index (χ0) is 14.6. The molecule has 2 heterocycles. The normalized spacial score (nSPS) is 27.4. The molecule has 3 N–H and O–H groups in total. The third kappa shape index (κ3) is 2.11. The fourth-order valence-electron chi connectivity index (χ4n) is 3.91. The Labute approximate surface area is 127 Å². The average Bonchev–Trinajstić information content (AvgIpc) is 3.13. The van der Waals surface area contributed by atoms with Crippen molar-refractivity contribution >= 4 is 33.1 Å². The van der Waals surface area contributed by atoms with Crippen LogP contribution in [0.5, 0.6) is 0 Å². The minimum Gasteiger partial charge on any atom is -0.397 e. The van der Waals surface area contributed by atoms with Gasteiger partial charge >= 0.3 is 0 Å². The van der Waals surface area contributed by atoms with Gasteiger partial charge in [0.25, 0.3) is 5.91 Å². The van der Waals surface area contributed by atoms with E-state index in [0.717, 1.165) is 28.2 Å². The Morgan fingerprint density at radius 1 is 1.38 bits per heavy atom. The van der Waals surface area contributed by atoms with Crippen molar-refractivity contribution in [2.24, 2.45) is 11.8 Å². The third-order valence-electron chi connectivity index (χ3n) is 4.99. The quantitative estimate of drug-likeness (QED) is 0.895. The minimum atomic E-state index is -0.0225. The standard InChI is InChI=1S/C16H19N3OS/c1-8-2-5-11-13(17)14(21-16(11)18-8)15(20)19-12-7-9-3-4-10(12)6-9/h2,5,9-10,12H,3-4,6-7,17H2,1H3,(H,19,20). The molecule has 0 saturated heterocycles. The van der Waals surface area contributed by atoms with E-state index in [1.165, 1.54) is 30.6 Å². The van der Waals surface area contributed by atoms with Crippen LogP contribution in [-0.2, 0) is 0 Å². The molecule has 3 atom stereocenters. The van der Waals surface area contributed by atoms with Gasteiger partial charge in [0, 0.05) is 17.1 Å². The SMILES string of the molecule is Cc1ccc2c(N)c(C(=O)NC3CC4CCC3C4)sc2n1. The predicted octanol–water partition coefficient (Wildman–Crippen LogP) is 3.11. The summed E-state index contributed by atoms with van der Waals surface area (Å²) in [6.45, 7) is 1.95. The number of anilines is 1. The molecule has 5 heteroatoms. The highest BCUT2D eigenvalue weighted by atomic mass is 32.1. The number of carbonyl (C=O) groups is 1. The number of amides is 1. The van der Waals surface area contributed by atoms with Crippen LogP contribution in [0.15, 0.2) is 12.1 Å². The van der Waals surface area contributed by atoms with Gasteiger partial charge in [-0.15, -0.1) is 11.3 Å². The lowest BCUT2D eigenvalue weighted by Crippen LogP contribution is -2.38. The van der Waals surface area contributed by atoms with Gasteiger partial charge in [-0.1, -0.05) is 6.42 Å². The lowest BCUT2D eigenvalue weighted by Gasteiger charge is -2.22. The number of aryl methyl sites for hydroxylation is 1. The van der Waals surface area contributed by atoms with Gasteiger partial charge in [-0.05, 0) is 50.2 Å². The molecule has 0 aromatic carbocycles. The first-order valence-electron chi connectivity index (χ1n) is 7.58. The summed E-state index contributed by atoms with van der Waals surface area (Å²) >= 11 is 1.40. The number of nitrogens with one attached hydrogen (secondary N) is 1. The van der Waals surface area contributed by atoms with Crippen LogP contribution in [0.25, 0.3) is 10.2 Å². The number of hydrogen-bond donors (Lipinski definition) is 2. The Kier molecular flexibility index (Phi) is 2.92. The number of nitrogen functional groups attached to an aromatic ring is 1. The first-order chi connectivity index (χ1) is 10.1. The summed E-state index contributed by atoms with van der Waals surface area (Å²) in [4.78, 5) is 18.5. The lowest BCUT2D eigenvalue weighted by atomic mass is 9.95. The highest BCUT2D eigenvalue weighted by Crippen LogP contribution is 2.44. The van der Waals surface area contributed by atoms with Gasteiger partial charge in [-0.2, -0.15) is 0 Å². The molecular weight excluding hydrogens is 282 g/mol. The number of thiophene rings is 1. The van der Waals surface area contributed by atoms with Gasteiger partial charge in [0.1, 0.15) is 9.71 Å². The largest absolute Gasteiger partial charge is 0.397 e. The second-order valence-corrected chi connectivity index (χ2v) is 7.40. The van der Waals surface area contributed by atoms with Gasteiger partial charge in [-0.3, -0.25) is 4.79 Å². The van der Waals surface area contributed by atoms with Gasteiger partial charge < -0.3 is 11.1 Å². The lowest BCUT2D eigenvalue weighted by molar-refractivity contribution is 0.0928. The maximum Gasteiger partial charge on any atom is 0.263 e. The monoisotopic (exact) mass is 301 g/mol. The molecule has 0 aliphatic heterocycles. The maximum atomic E-state index is 12.5. The van der Waals surface area contributed by atoms with E-state index in [9.17, 15) is 4.79 Å². The summed E-state index contributed by atoms with van der Waals surface area (Å²) in [5.41, 5.74) is 7.67. The van der Waals surface area contributed by atoms with Crippen molar-refractivity contribution in [2.75, 3.05) is 5.73 Å². The van der Waals surface area contributed by atoms with Crippen molar-refractivity contribution in [3.8, 4) is 0 Å². The van der Waals surface area contributed by atoms with Crippen LogP contribution < -0.4 is 11.1 Å². The van der Waals surface area contributed by atoms with E-state index in [-0.39, 0.29) is 5.91 Å². The summed E-state index contributed by atoms with van der Waals surface area (Å²) in [6.07, 6.45) is 5.02. The molecule has 3 unspecified atom stereocenters. The van der Waals surface area contributed by atoms with Crippen LogP contribution in [0, 0.1) is 18.8 Å². The number of aromatic nitrogens is 1. The molecule has 2 aromatic heterocycles. The molecule has 1 amide bonds. The highest BCUT2D eigenvalue weighted by molar-refractivity contribution is 7.21. The molecule has 2 fully saturated rings. The molecule has 0 radical (unpaired) electrons. The third-order valence-corrected chi connectivity index (χ3v) is 6.11. The summed E-state index contributed by atoms with van der Waals surface area (Å²) in [7, 11) is 0. The molecule has 4 nitrogen and oxygen atoms in total. The number of nitrogens with zero attached hydrogens (tertiary/aromatic N) is 1. The molecule has 2 aliphatic carbocycles. The number of fused-ring (bicyclic) bond motifs is 3. The van der Waals surface area contributed by atoms with Gasteiger partial charge in [-0.25, -0.2) is 4.98 Å². The number of hydrogen-bond acceptors (Lipinski definition) is 4. The summed E-state index contributed by atoms with van der Waals surface area (Å²) in [6, 6.07) is 4.23. The highest BCUT2D eigenvalue weighted by Gasteiger charge is 2.40. The Bertz CT molecular complexity index is 724. The number of pyridine rings is 1. The molecule has 2 saturated carbocycles. The smallest absolute Gasteiger partial charge is 0.263 e. The van der Waals surface area contributed by atoms with Gasteiger partial charge in [0.05, 0.1) is 5.69 Å². The fraction of sp³-hybridized carbons (Fsp3) is 0.500. The first kappa shape index (κ1) is 13.1. The zero-order valence-electron chi connectivity index (χ0n) is 12.1. The van der Waals surface area contributed by atoms with Crippen LogP contribution in [0.1, 0.15) is 41.0 Å². The van der Waals surface area contributed by atoms with E-state index < -0.39 is 0 Å². The van der Waals surface area contributed by atoms with E-state index in [1.54, 1.807) is 0 Å². The summed E-state index contributed by atoms with van der Waals surface area (Å²) in [5.74, 6) is 1.48. The van der Waals surface area contributed by atoms with Gasteiger partial charge in [0.2, 0.25) is 0 Å². The number of carbonyl (C=O) groups excluding carboxylic acids is 1. The van der Waals surface area contributed by atoms with Crippen LogP contribution in [0.4, 0.5) is 5.69 Å². The average molecular weight is 301 g/mol. The van der Waals surface area contributed by atoms with Crippen LogP contribution in [0.3, 0.4) is 0 Å². The van der Waals surface area contributed by atoms with Gasteiger partial charge in [0.15, 0.2) is 0 Å². The van der Waals surface area contributed by atoms with Crippen LogP contribution >= 0.6 is 11.3 Å². The molecule has 2 aromatic rings. The second-order valence-electron chi connectivity index (χ2n) is 6.41. The van der Waals surface area contributed by atoms with Crippen molar-refractivity contribution in [3.63, 3.8) is 0 Å². The Morgan fingerprint density at radius 2 is 2.24 bits per heavy atom. The summed E-state index contributed by atoms with van der Waals surface area (Å²) in [5, 5.41) is 4.10. The van der Waals surface area contributed by atoms with Crippen molar-refractivity contribution < 1.29 is 4.79 Å². The Hall–Kier alpha value is -1.62. The molecule has 4 rings (SSSR count). The number of nitrogens with two attached hydrogens (primary N) is 1. The van der Waals surface area contributed by atoms with E-state index in [1.807, 2.05) is 19.1 Å². The maximum absolute atomic E-state index is 12.5. The van der Waals surface area contributed by atoms with E-state index in [4.69, 9.17) is 5.73 Å². The minimum absolute atomic E-state index is 0.0225. The van der Waals surface area contributed by atoms with Crippen LogP contribution in [-0.4, -0.2) is 16.9 Å². The molecule has 21 heavy (non-hydrogen) atoms. The zero-order valence-corrected chi connectivity index (χ0v) is 12.9. The molecule has 110 valence electrons. The van der Waals surface area contributed by atoms with Crippen molar-refractivity contribution in [1.82, 2.24) is 10.3 Å². The van der Waals surface area contributed by atoms with Crippen molar-refractivity contribution in [3.05, 3.63) is 22.7 Å². The molecule has 0 spiro atoms.